The maximum Gasteiger partial charge on any atom is 0.217 e. The van der Waals surface area contributed by atoms with Gasteiger partial charge in [-0.05, 0) is 43.0 Å². The molecule has 0 spiro atoms. The van der Waals surface area contributed by atoms with Crippen LogP contribution >= 0.6 is 0 Å². The van der Waals surface area contributed by atoms with Crippen molar-refractivity contribution in [2.75, 3.05) is 13.2 Å². The second-order valence-electron chi connectivity index (χ2n) is 7.51. The highest BCUT2D eigenvalue weighted by Gasteiger charge is 2.28. The molecule has 1 unspecified atom stereocenters. The lowest BCUT2D eigenvalue weighted by molar-refractivity contribution is -0.118. The van der Waals surface area contributed by atoms with Crippen LogP contribution in [0.3, 0.4) is 0 Å². The first-order valence-electron chi connectivity index (χ1n) is 9.25. The molecule has 2 aromatic rings. The summed E-state index contributed by atoms with van der Waals surface area (Å²) in [6.07, 6.45) is 2.03. The Morgan fingerprint density at radius 3 is 2.50 bits per heavy atom. The summed E-state index contributed by atoms with van der Waals surface area (Å²) < 4.78 is 17.2. The van der Waals surface area contributed by atoms with Gasteiger partial charge < -0.3 is 14.2 Å². The van der Waals surface area contributed by atoms with Crippen LogP contribution in [0, 0.1) is 0 Å². The quantitative estimate of drug-likeness (QED) is 0.793. The van der Waals surface area contributed by atoms with E-state index in [0.717, 1.165) is 47.6 Å². The summed E-state index contributed by atoms with van der Waals surface area (Å²) in [6.45, 7) is 6.19. The predicted octanol–water partition coefficient (Wildman–Crippen LogP) is 4.56. The number of aliphatic imine (C=N–C) groups is 1. The maximum atomic E-state index is 5.85. The van der Waals surface area contributed by atoms with Gasteiger partial charge in [0.1, 0.15) is 6.61 Å². The fourth-order valence-corrected chi connectivity index (χ4v) is 3.29. The topological polar surface area (TPSA) is 40.0 Å². The Hall–Kier alpha value is -2.17. The van der Waals surface area contributed by atoms with E-state index in [1.807, 2.05) is 12.1 Å². The monoisotopic (exact) mass is 351 g/mol. The molecule has 2 aromatic carbocycles. The summed E-state index contributed by atoms with van der Waals surface area (Å²) in [7, 11) is 0. The van der Waals surface area contributed by atoms with Crippen LogP contribution in [0.4, 0.5) is 0 Å². The lowest BCUT2D eigenvalue weighted by atomic mass is 9.98. The number of benzene rings is 2. The summed E-state index contributed by atoms with van der Waals surface area (Å²) in [5.41, 5.74) is 4.32. The van der Waals surface area contributed by atoms with Crippen LogP contribution in [0.2, 0.25) is 0 Å². The molecular weight excluding hydrogens is 326 g/mol. The van der Waals surface area contributed by atoms with E-state index < -0.39 is 0 Å². The van der Waals surface area contributed by atoms with Gasteiger partial charge in [-0.15, -0.1) is 0 Å². The van der Waals surface area contributed by atoms with Crippen LogP contribution in [0.5, 0.6) is 0 Å². The standard InChI is InChI=1S/C22H25NO3/c1-22(2)15-26-21(23-22)19-7-4-3-6-18(19)17-11-9-16(10-12-17)14-25-20-8-5-13-24-20/h3-4,6-7,9-12,20H,5,8,13-15H2,1-2H3. The first-order chi connectivity index (χ1) is 12.6. The fraction of sp³-hybridized carbons (Fsp3) is 0.409. The highest BCUT2D eigenvalue weighted by Crippen LogP contribution is 2.29. The Kier molecular flexibility index (Phi) is 4.79. The molecule has 1 atom stereocenters. The van der Waals surface area contributed by atoms with Crippen LogP contribution in [-0.2, 0) is 20.8 Å². The molecule has 4 nitrogen and oxygen atoms in total. The molecule has 0 amide bonds. The van der Waals surface area contributed by atoms with Gasteiger partial charge in [0.15, 0.2) is 6.29 Å². The summed E-state index contributed by atoms with van der Waals surface area (Å²) in [5.74, 6) is 0.733. The van der Waals surface area contributed by atoms with Crippen LogP contribution in [-0.4, -0.2) is 30.9 Å². The van der Waals surface area contributed by atoms with Crippen molar-refractivity contribution in [2.24, 2.45) is 4.99 Å². The first kappa shape index (κ1) is 17.3. The third kappa shape index (κ3) is 3.81. The summed E-state index contributed by atoms with van der Waals surface area (Å²) in [5, 5.41) is 0. The van der Waals surface area contributed by atoms with E-state index in [4.69, 9.17) is 19.2 Å². The number of ether oxygens (including phenoxy) is 3. The van der Waals surface area contributed by atoms with Crippen LogP contribution < -0.4 is 0 Å². The van der Waals surface area contributed by atoms with Crippen molar-refractivity contribution in [1.29, 1.82) is 0 Å². The highest BCUT2D eigenvalue weighted by atomic mass is 16.7. The van der Waals surface area contributed by atoms with Gasteiger partial charge in [0.2, 0.25) is 5.90 Å². The van der Waals surface area contributed by atoms with Gasteiger partial charge in [0, 0.05) is 18.6 Å². The SMILES string of the molecule is CC1(C)COC(c2ccccc2-c2ccc(COC3CCCO3)cc2)=N1. The number of rotatable bonds is 5. The number of hydrogen-bond acceptors (Lipinski definition) is 4. The van der Waals surface area contributed by atoms with Gasteiger partial charge in [-0.25, -0.2) is 4.99 Å². The normalized spacial score (nSPS) is 21.5. The Balaban J connectivity index is 1.53. The summed E-state index contributed by atoms with van der Waals surface area (Å²) in [4.78, 5) is 4.73. The van der Waals surface area contributed by atoms with Crippen LogP contribution in [0.25, 0.3) is 11.1 Å². The average molecular weight is 351 g/mol. The van der Waals surface area contributed by atoms with E-state index in [0.29, 0.717) is 13.2 Å². The van der Waals surface area contributed by atoms with Crippen molar-refractivity contribution in [2.45, 2.75) is 45.1 Å². The molecule has 2 aliphatic rings. The minimum absolute atomic E-state index is 0.0451. The van der Waals surface area contributed by atoms with Gasteiger partial charge in [0.25, 0.3) is 0 Å². The molecule has 26 heavy (non-hydrogen) atoms. The van der Waals surface area contributed by atoms with Crippen molar-refractivity contribution >= 4 is 5.90 Å². The maximum absolute atomic E-state index is 5.85. The zero-order valence-corrected chi connectivity index (χ0v) is 15.4. The zero-order valence-electron chi connectivity index (χ0n) is 15.4. The molecule has 1 fully saturated rings. The lowest BCUT2D eigenvalue weighted by Crippen LogP contribution is -2.17. The summed E-state index contributed by atoms with van der Waals surface area (Å²) >= 11 is 0. The third-order valence-electron chi connectivity index (χ3n) is 4.71. The second kappa shape index (κ2) is 7.22. The van der Waals surface area contributed by atoms with Crippen LogP contribution in [0.1, 0.15) is 37.8 Å². The Labute approximate surface area is 154 Å². The Morgan fingerprint density at radius 1 is 1.08 bits per heavy atom. The fourth-order valence-electron chi connectivity index (χ4n) is 3.29. The van der Waals surface area contributed by atoms with Crippen molar-refractivity contribution in [3.63, 3.8) is 0 Å². The van der Waals surface area contributed by atoms with Crippen molar-refractivity contribution < 1.29 is 14.2 Å². The van der Waals surface area contributed by atoms with Gasteiger partial charge in [-0.1, -0.05) is 42.5 Å². The first-order valence-corrected chi connectivity index (χ1v) is 9.25. The van der Waals surface area contributed by atoms with Gasteiger partial charge in [0.05, 0.1) is 12.1 Å². The molecule has 0 radical (unpaired) electrons. The van der Waals surface area contributed by atoms with E-state index in [9.17, 15) is 0 Å². The molecule has 0 bridgehead atoms. The molecule has 2 aliphatic heterocycles. The van der Waals surface area contributed by atoms with Crippen molar-refractivity contribution in [1.82, 2.24) is 0 Å². The second-order valence-corrected chi connectivity index (χ2v) is 7.51. The molecule has 4 heteroatoms. The predicted molar refractivity (Wildman–Crippen MR) is 102 cm³/mol. The molecular formula is C22H25NO3. The third-order valence-corrected chi connectivity index (χ3v) is 4.71. The Bertz CT molecular complexity index is 789. The van der Waals surface area contributed by atoms with Crippen LogP contribution in [0.15, 0.2) is 53.5 Å². The molecule has 136 valence electrons. The zero-order chi connectivity index (χ0) is 18.0. The van der Waals surface area contributed by atoms with E-state index in [2.05, 4.69) is 50.2 Å². The van der Waals surface area contributed by atoms with E-state index in [1.54, 1.807) is 0 Å². The molecule has 0 aliphatic carbocycles. The molecule has 4 rings (SSSR count). The van der Waals surface area contributed by atoms with Gasteiger partial charge >= 0.3 is 0 Å². The average Bonchev–Trinajstić information content (AvgIpc) is 3.30. The molecule has 2 heterocycles. The van der Waals surface area contributed by atoms with E-state index in [1.165, 1.54) is 0 Å². The minimum atomic E-state index is -0.161. The van der Waals surface area contributed by atoms with Crippen molar-refractivity contribution in [3.05, 3.63) is 59.7 Å². The van der Waals surface area contributed by atoms with Crippen molar-refractivity contribution in [3.8, 4) is 11.1 Å². The minimum Gasteiger partial charge on any atom is -0.475 e. The molecule has 1 saturated heterocycles. The largest absolute Gasteiger partial charge is 0.475 e. The summed E-state index contributed by atoms with van der Waals surface area (Å²) in [6, 6.07) is 16.8. The van der Waals surface area contributed by atoms with E-state index >= 15 is 0 Å². The highest BCUT2D eigenvalue weighted by molar-refractivity contribution is 6.01. The molecule has 0 N–H and O–H groups in total. The molecule has 0 aromatic heterocycles. The molecule has 0 saturated carbocycles. The van der Waals surface area contributed by atoms with Gasteiger partial charge in [-0.3, -0.25) is 0 Å². The number of hydrogen-bond donors (Lipinski definition) is 0. The van der Waals surface area contributed by atoms with Gasteiger partial charge in [-0.2, -0.15) is 0 Å². The smallest absolute Gasteiger partial charge is 0.217 e. The lowest BCUT2D eigenvalue weighted by Gasteiger charge is -2.12. The Morgan fingerprint density at radius 2 is 1.85 bits per heavy atom. The number of nitrogens with zero attached hydrogens (tertiary/aromatic N) is 1. The van der Waals surface area contributed by atoms with E-state index in [-0.39, 0.29) is 11.8 Å².